The maximum atomic E-state index is 5.15. The number of aryl methyl sites for hydroxylation is 2. The molecular weight excluding hydrogens is 378 g/mol. The number of hydrogen-bond acceptors (Lipinski definition) is 4. The largest absolute Gasteiger partial charge is 0.377 e. The Kier molecular flexibility index (Phi) is 6.63. The normalized spacial score (nSPS) is 16.6. The average Bonchev–Trinajstić information content (AvgIpc) is 3.35. The van der Waals surface area contributed by atoms with Crippen molar-refractivity contribution < 1.29 is 4.74 Å². The van der Waals surface area contributed by atoms with Gasteiger partial charge in [0.15, 0.2) is 11.8 Å². The number of aromatic amines is 1. The number of ether oxygens (including phenoxy) is 1. The first kappa shape index (κ1) is 20.4. The van der Waals surface area contributed by atoms with Gasteiger partial charge in [-0.25, -0.2) is 9.67 Å². The highest BCUT2D eigenvalue weighted by atomic mass is 16.5. The second kappa shape index (κ2) is 9.75. The highest BCUT2D eigenvalue weighted by Gasteiger charge is 2.22. The number of fused-ring (bicyclic) bond motifs is 2. The smallest absolute Gasteiger partial charge is 0.191 e. The van der Waals surface area contributed by atoms with E-state index in [0.717, 1.165) is 62.9 Å². The maximum Gasteiger partial charge on any atom is 0.191 e. The van der Waals surface area contributed by atoms with E-state index in [-0.39, 0.29) is 0 Å². The second-order valence-electron chi connectivity index (χ2n) is 7.66. The molecule has 8 nitrogen and oxygen atoms in total. The maximum absolute atomic E-state index is 5.15. The fourth-order valence-corrected chi connectivity index (χ4v) is 3.98. The average molecular weight is 410 g/mol. The van der Waals surface area contributed by atoms with E-state index >= 15 is 0 Å². The molecule has 30 heavy (non-hydrogen) atoms. The van der Waals surface area contributed by atoms with Gasteiger partial charge in [-0.15, -0.1) is 0 Å². The zero-order chi connectivity index (χ0) is 20.8. The number of aromatic nitrogens is 4. The molecule has 1 atom stereocenters. The van der Waals surface area contributed by atoms with Crippen LogP contribution in [-0.4, -0.2) is 51.9 Å². The second-order valence-corrected chi connectivity index (χ2v) is 7.66. The van der Waals surface area contributed by atoms with Gasteiger partial charge >= 0.3 is 0 Å². The minimum Gasteiger partial charge on any atom is -0.377 e. The lowest BCUT2D eigenvalue weighted by atomic mass is 10.1. The Morgan fingerprint density at radius 1 is 1.37 bits per heavy atom. The van der Waals surface area contributed by atoms with Crippen LogP contribution >= 0.6 is 0 Å². The lowest BCUT2D eigenvalue weighted by Crippen LogP contribution is -2.47. The van der Waals surface area contributed by atoms with Crippen LogP contribution in [0.2, 0.25) is 0 Å². The van der Waals surface area contributed by atoms with E-state index in [1.54, 1.807) is 7.11 Å². The lowest BCUT2D eigenvalue weighted by Gasteiger charge is -2.25. The third-order valence-corrected chi connectivity index (χ3v) is 5.41. The summed E-state index contributed by atoms with van der Waals surface area (Å²) in [6, 6.07) is 8.74. The van der Waals surface area contributed by atoms with Gasteiger partial charge in [0, 0.05) is 49.8 Å². The number of hydrogen-bond donors (Lipinski definition) is 3. The van der Waals surface area contributed by atoms with E-state index in [1.165, 1.54) is 16.5 Å². The Hall–Kier alpha value is -2.87. The molecule has 0 fully saturated rings. The Balaban J connectivity index is 1.31. The molecule has 0 spiro atoms. The highest BCUT2D eigenvalue weighted by molar-refractivity contribution is 5.83. The SMILES string of the molecule is CCNC(=NCCCc1c[nH]c2ccccc12)NC1CCc2nc(COC)nn2C1. The van der Waals surface area contributed by atoms with Crippen LogP contribution in [0, 0.1) is 0 Å². The summed E-state index contributed by atoms with van der Waals surface area (Å²) in [5.41, 5.74) is 2.56. The van der Waals surface area contributed by atoms with Crippen molar-refractivity contribution in [3.63, 3.8) is 0 Å². The van der Waals surface area contributed by atoms with Crippen LogP contribution in [0.4, 0.5) is 0 Å². The van der Waals surface area contributed by atoms with Gasteiger partial charge in [0.05, 0.1) is 6.54 Å². The van der Waals surface area contributed by atoms with Crippen molar-refractivity contribution >= 4 is 16.9 Å². The standard InChI is InChI=1S/C22H31N7O/c1-3-23-22(24-12-6-7-16-13-25-19-9-5-4-8-18(16)19)26-17-10-11-21-27-20(15-30-2)28-29(21)14-17/h4-5,8-9,13,17,25H,3,6-7,10-12,14-15H2,1-2H3,(H2,23,24,26). The predicted molar refractivity (Wildman–Crippen MR) is 119 cm³/mol. The third kappa shape index (κ3) is 4.81. The Morgan fingerprint density at radius 3 is 3.13 bits per heavy atom. The van der Waals surface area contributed by atoms with E-state index in [1.807, 2.05) is 4.68 Å². The first-order valence-electron chi connectivity index (χ1n) is 10.8. The summed E-state index contributed by atoms with van der Waals surface area (Å²) < 4.78 is 7.15. The van der Waals surface area contributed by atoms with E-state index in [9.17, 15) is 0 Å². The fraction of sp³-hybridized carbons (Fsp3) is 0.500. The predicted octanol–water partition coefficient (Wildman–Crippen LogP) is 2.41. The number of nitrogens with zero attached hydrogens (tertiary/aromatic N) is 4. The van der Waals surface area contributed by atoms with Crippen LogP contribution in [-0.2, 0) is 30.7 Å². The lowest BCUT2D eigenvalue weighted by molar-refractivity contribution is 0.177. The van der Waals surface area contributed by atoms with Crippen molar-refractivity contribution in [2.45, 2.75) is 51.8 Å². The summed E-state index contributed by atoms with van der Waals surface area (Å²) in [5, 5.41) is 12.8. The van der Waals surface area contributed by atoms with Gasteiger partial charge in [-0.3, -0.25) is 4.99 Å². The molecule has 0 bridgehead atoms. The summed E-state index contributed by atoms with van der Waals surface area (Å²) in [6.07, 6.45) is 6.07. The topological polar surface area (TPSA) is 92.2 Å². The minimum atomic E-state index is 0.293. The number of benzene rings is 1. The van der Waals surface area contributed by atoms with Crippen molar-refractivity contribution in [2.75, 3.05) is 20.2 Å². The van der Waals surface area contributed by atoms with Crippen molar-refractivity contribution in [3.8, 4) is 0 Å². The minimum absolute atomic E-state index is 0.293. The molecular formula is C22H31N7O. The van der Waals surface area contributed by atoms with Crippen molar-refractivity contribution in [1.82, 2.24) is 30.4 Å². The molecule has 1 aromatic carbocycles. The van der Waals surface area contributed by atoms with Crippen LogP contribution in [0.5, 0.6) is 0 Å². The summed E-state index contributed by atoms with van der Waals surface area (Å²) in [4.78, 5) is 12.7. The number of methoxy groups -OCH3 is 1. The molecule has 3 heterocycles. The Morgan fingerprint density at radius 2 is 2.27 bits per heavy atom. The summed E-state index contributed by atoms with van der Waals surface area (Å²) in [6.45, 7) is 4.97. The summed E-state index contributed by atoms with van der Waals surface area (Å²) in [7, 11) is 1.67. The van der Waals surface area contributed by atoms with Gasteiger partial charge in [-0.05, 0) is 37.8 Å². The first-order chi connectivity index (χ1) is 14.8. The number of H-pyrrole nitrogens is 1. The number of nitrogens with one attached hydrogen (secondary N) is 3. The van der Waals surface area contributed by atoms with Gasteiger partial charge in [-0.2, -0.15) is 5.10 Å². The number of aliphatic imine (C=N–C) groups is 1. The number of guanidine groups is 1. The van der Waals surface area contributed by atoms with E-state index < -0.39 is 0 Å². The van der Waals surface area contributed by atoms with E-state index in [0.29, 0.717) is 12.6 Å². The van der Waals surface area contributed by atoms with Crippen molar-refractivity contribution in [3.05, 3.63) is 47.7 Å². The zero-order valence-electron chi connectivity index (χ0n) is 17.8. The van der Waals surface area contributed by atoms with Gasteiger partial charge in [0.1, 0.15) is 12.4 Å². The van der Waals surface area contributed by atoms with Crippen LogP contribution in [0.15, 0.2) is 35.5 Å². The molecule has 8 heteroatoms. The quantitative estimate of drug-likeness (QED) is 0.302. The molecule has 0 saturated heterocycles. The molecule has 160 valence electrons. The molecule has 1 aliphatic heterocycles. The number of para-hydroxylation sites is 1. The van der Waals surface area contributed by atoms with E-state index in [4.69, 9.17) is 9.73 Å². The number of rotatable bonds is 8. The monoisotopic (exact) mass is 409 g/mol. The molecule has 4 rings (SSSR count). The summed E-state index contributed by atoms with van der Waals surface area (Å²) in [5.74, 6) is 2.67. The molecule has 0 aliphatic carbocycles. The molecule has 3 N–H and O–H groups in total. The molecule has 2 aromatic heterocycles. The Labute approximate surface area is 177 Å². The van der Waals surface area contributed by atoms with Crippen LogP contribution in [0.1, 0.15) is 37.0 Å². The summed E-state index contributed by atoms with van der Waals surface area (Å²) >= 11 is 0. The zero-order valence-corrected chi connectivity index (χ0v) is 17.8. The molecule has 0 radical (unpaired) electrons. The highest BCUT2D eigenvalue weighted by Crippen LogP contribution is 2.19. The van der Waals surface area contributed by atoms with Gasteiger partial charge in [0.2, 0.25) is 0 Å². The molecule has 0 amide bonds. The van der Waals surface area contributed by atoms with Crippen LogP contribution in [0.25, 0.3) is 10.9 Å². The molecule has 3 aromatic rings. The van der Waals surface area contributed by atoms with Crippen LogP contribution in [0.3, 0.4) is 0 Å². The molecule has 0 saturated carbocycles. The van der Waals surface area contributed by atoms with Gasteiger partial charge in [0.25, 0.3) is 0 Å². The van der Waals surface area contributed by atoms with Crippen LogP contribution < -0.4 is 10.6 Å². The first-order valence-corrected chi connectivity index (χ1v) is 10.8. The third-order valence-electron chi connectivity index (χ3n) is 5.41. The van der Waals surface area contributed by atoms with Crippen molar-refractivity contribution in [1.29, 1.82) is 0 Å². The van der Waals surface area contributed by atoms with Gasteiger partial charge in [-0.1, -0.05) is 18.2 Å². The van der Waals surface area contributed by atoms with Gasteiger partial charge < -0.3 is 20.4 Å². The Bertz CT molecular complexity index is 990. The molecule has 1 unspecified atom stereocenters. The van der Waals surface area contributed by atoms with Crippen molar-refractivity contribution in [2.24, 2.45) is 4.99 Å². The molecule has 1 aliphatic rings. The fourth-order valence-electron chi connectivity index (χ4n) is 3.98. The van der Waals surface area contributed by atoms with E-state index in [2.05, 4.69) is 63.1 Å².